The molecule has 3 aliphatic heterocycles. The molecular formula is C27H31F3N4O3. The predicted molar refractivity (Wildman–Crippen MR) is 132 cm³/mol. The third-order valence-corrected chi connectivity index (χ3v) is 7.54. The van der Waals surface area contributed by atoms with E-state index in [2.05, 4.69) is 17.0 Å². The van der Waals surface area contributed by atoms with Crippen molar-refractivity contribution in [2.24, 2.45) is 0 Å². The van der Waals surface area contributed by atoms with Crippen LogP contribution in [0.15, 0.2) is 42.5 Å². The number of aliphatic hydroxyl groups is 1. The molecule has 198 valence electrons. The van der Waals surface area contributed by atoms with Crippen LogP contribution in [0.4, 0.5) is 18.9 Å². The van der Waals surface area contributed by atoms with Crippen LogP contribution in [-0.2, 0) is 24.2 Å². The highest BCUT2D eigenvalue weighted by Crippen LogP contribution is 2.27. The van der Waals surface area contributed by atoms with E-state index >= 15 is 0 Å². The number of alkyl halides is 3. The Morgan fingerprint density at radius 1 is 0.892 bits per heavy atom. The van der Waals surface area contributed by atoms with E-state index in [1.165, 1.54) is 11.1 Å². The Kier molecular flexibility index (Phi) is 7.13. The van der Waals surface area contributed by atoms with Gasteiger partial charge in [-0.1, -0.05) is 24.3 Å². The Hall–Kier alpha value is -3.11. The van der Waals surface area contributed by atoms with Gasteiger partial charge in [0.1, 0.15) is 0 Å². The van der Waals surface area contributed by atoms with Crippen molar-refractivity contribution < 1.29 is 27.9 Å². The van der Waals surface area contributed by atoms with E-state index in [-0.39, 0.29) is 25.5 Å². The fraction of sp³-hybridized carbons (Fsp3) is 0.481. The molecule has 0 radical (unpaired) electrons. The first-order valence-corrected chi connectivity index (χ1v) is 12.7. The van der Waals surface area contributed by atoms with Gasteiger partial charge in [-0.15, -0.1) is 0 Å². The summed E-state index contributed by atoms with van der Waals surface area (Å²) < 4.78 is 38.1. The summed E-state index contributed by atoms with van der Waals surface area (Å²) in [6.07, 6.45) is -3.90. The zero-order chi connectivity index (χ0) is 26.2. The summed E-state index contributed by atoms with van der Waals surface area (Å²) in [5.74, 6) is -1.91. The number of rotatable bonds is 5. The van der Waals surface area contributed by atoms with E-state index < -0.39 is 18.2 Å². The lowest BCUT2D eigenvalue weighted by atomic mass is 9.97. The first-order valence-electron chi connectivity index (χ1n) is 12.7. The highest BCUT2D eigenvalue weighted by atomic mass is 19.4. The molecule has 1 atom stereocenters. The maximum Gasteiger partial charge on any atom is 0.471 e. The topological polar surface area (TPSA) is 67.3 Å². The average Bonchev–Trinajstić information content (AvgIpc) is 2.89. The first kappa shape index (κ1) is 25.5. The minimum absolute atomic E-state index is 0.00261. The summed E-state index contributed by atoms with van der Waals surface area (Å²) in [6, 6.07) is 13.8. The van der Waals surface area contributed by atoms with Gasteiger partial charge in [-0.2, -0.15) is 13.2 Å². The molecule has 2 aromatic carbocycles. The highest BCUT2D eigenvalue weighted by Gasteiger charge is 2.43. The van der Waals surface area contributed by atoms with E-state index in [4.69, 9.17) is 0 Å². The van der Waals surface area contributed by atoms with Crippen molar-refractivity contribution >= 4 is 17.5 Å². The van der Waals surface area contributed by atoms with Crippen molar-refractivity contribution in [3.05, 3.63) is 64.7 Å². The number of anilines is 1. The second kappa shape index (κ2) is 10.3. The number of fused-ring (bicyclic) bond motifs is 2. The van der Waals surface area contributed by atoms with Crippen LogP contribution < -0.4 is 4.90 Å². The first-order chi connectivity index (χ1) is 17.7. The number of benzene rings is 2. The molecule has 3 heterocycles. The number of hydrogen-bond acceptors (Lipinski definition) is 5. The molecule has 1 unspecified atom stereocenters. The molecule has 1 fully saturated rings. The number of aliphatic hydroxyl groups excluding tert-OH is 1. The number of carbonyl (C=O) groups is 2. The number of halogens is 3. The Labute approximate surface area is 214 Å². The summed E-state index contributed by atoms with van der Waals surface area (Å²) in [6.45, 7) is 3.56. The molecule has 0 bridgehead atoms. The van der Waals surface area contributed by atoms with Crippen LogP contribution in [0, 0.1) is 0 Å². The Morgan fingerprint density at radius 2 is 1.59 bits per heavy atom. The van der Waals surface area contributed by atoms with Crippen molar-refractivity contribution in [2.75, 3.05) is 57.3 Å². The minimum atomic E-state index is -4.85. The number of nitrogens with zero attached hydrogens (tertiary/aromatic N) is 4. The van der Waals surface area contributed by atoms with Gasteiger partial charge in [0.2, 0.25) is 0 Å². The van der Waals surface area contributed by atoms with Crippen LogP contribution >= 0.6 is 0 Å². The second-order valence-corrected chi connectivity index (χ2v) is 10.0. The van der Waals surface area contributed by atoms with Crippen LogP contribution in [-0.4, -0.2) is 96.3 Å². The third-order valence-electron chi connectivity index (χ3n) is 7.54. The SMILES string of the molecule is O=C1c2ccc(N3CCN(C(=O)C(F)(F)F)CC3)cc2CCN1CC(O)CN1CCc2ccccc2C1. The molecule has 37 heavy (non-hydrogen) atoms. The fourth-order valence-corrected chi connectivity index (χ4v) is 5.56. The van der Waals surface area contributed by atoms with E-state index in [1.807, 2.05) is 29.2 Å². The summed E-state index contributed by atoms with van der Waals surface area (Å²) in [5, 5.41) is 10.8. The average molecular weight is 517 g/mol. The summed E-state index contributed by atoms with van der Waals surface area (Å²) in [5.41, 5.74) is 4.97. The molecule has 3 aliphatic rings. The molecule has 0 aliphatic carbocycles. The summed E-state index contributed by atoms with van der Waals surface area (Å²) >= 11 is 0. The van der Waals surface area contributed by atoms with Crippen molar-refractivity contribution in [3.8, 4) is 0 Å². The lowest BCUT2D eigenvalue weighted by molar-refractivity contribution is -0.185. The lowest BCUT2D eigenvalue weighted by Gasteiger charge is -2.37. The zero-order valence-electron chi connectivity index (χ0n) is 20.6. The van der Waals surface area contributed by atoms with Gasteiger partial charge < -0.3 is 19.8 Å². The molecule has 10 heteroatoms. The van der Waals surface area contributed by atoms with E-state index in [1.54, 1.807) is 11.0 Å². The maximum atomic E-state index is 13.1. The molecule has 0 saturated carbocycles. The maximum absolute atomic E-state index is 13.1. The Morgan fingerprint density at radius 3 is 2.32 bits per heavy atom. The normalized spacial score (nSPS) is 19.5. The van der Waals surface area contributed by atoms with Crippen LogP contribution in [0.25, 0.3) is 0 Å². The van der Waals surface area contributed by atoms with Gasteiger partial charge in [-0.05, 0) is 47.7 Å². The molecule has 2 amide bonds. The number of carbonyl (C=O) groups excluding carboxylic acids is 2. The van der Waals surface area contributed by atoms with Gasteiger partial charge in [-0.25, -0.2) is 0 Å². The van der Waals surface area contributed by atoms with Crippen LogP contribution in [0.5, 0.6) is 0 Å². The molecule has 1 saturated heterocycles. The largest absolute Gasteiger partial charge is 0.471 e. The quantitative estimate of drug-likeness (QED) is 0.661. The second-order valence-electron chi connectivity index (χ2n) is 10.0. The predicted octanol–water partition coefficient (Wildman–Crippen LogP) is 2.31. The number of amides is 2. The van der Waals surface area contributed by atoms with E-state index in [0.717, 1.165) is 35.7 Å². The number of β-amino-alcohol motifs (C(OH)–C–C–N with tert-alkyl or cyclic N) is 1. The van der Waals surface area contributed by atoms with Crippen molar-refractivity contribution in [1.29, 1.82) is 0 Å². The minimum Gasteiger partial charge on any atom is -0.390 e. The van der Waals surface area contributed by atoms with Crippen LogP contribution in [0.2, 0.25) is 0 Å². The molecule has 0 aromatic heterocycles. The van der Waals surface area contributed by atoms with Crippen LogP contribution in [0.3, 0.4) is 0 Å². The smallest absolute Gasteiger partial charge is 0.390 e. The molecule has 7 nitrogen and oxygen atoms in total. The standard InChI is InChI=1S/C27H31F3N4O3/c28-27(29,30)26(37)33-13-11-32(12-14-33)22-5-6-24-20(15-22)8-10-34(25(24)36)18-23(35)17-31-9-7-19-3-1-2-4-21(19)16-31/h1-6,15,23,35H,7-14,16-18H2. The van der Waals surface area contributed by atoms with Gasteiger partial charge in [-0.3, -0.25) is 14.5 Å². The van der Waals surface area contributed by atoms with Gasteiger partial charge >= 0.3 is 12.1 Å². The third kappa shape index (κ3) is 5.60. The fourth-order valence-electron chi connectivity index (χ4n) is 5.56. The van der Waals surface area contributed by atoms with Gasteiger partial charge in [0.25, 0.3) is 5.91 Å². The Bertz CT molecular complexity index is 1160. The van der Waals surface area contributed by atoms with E-state index in [0.29, 0.717) is 38.2 Å². The summed E-state index contributed by atoms with van der Waals surface area (Å²) in [7, 11) is 0. The van der Waals surface area contributed by atoms with Crippen LogP contribution in [0.1, 0.15) is 27.0 Å². The highest BCUT2D eigenvalue weighted by molar-refractivity contribution is 5.97. The van der Waals surface area contributed by atoms with E-state index in [9.17, 15) is 27.9 Å². The molecule has 1 N–H and O–H groups in total. The molecule has 5 rings (SSSR count). The monoisotopic (exact) mass is 516 g/mol. The van der Waals surface area contributed by atoms with Crippen molar-refractivity contribution in [2.45, 2.75) is 31.7 Å². The lowest BCUT2D eigenvalue weighted by Crippen LogP contribution is -2.52. The Balaban J connectivity index is 1.16. The number of piperazine rings is 1. The molecular weight excluding hydrogens is 485 g/mol. The van der Waals surface area contributed by atoms with Gasteiger partial charge in [0.15, 0.2) is 0 Å². The van der Waals surface area contributed by atoms with Gasteiger partial charge in [0.05, 0.1) is 6.10 Å². The molecule has 2 aromatic rings. The zero-order valence-corrected chi connectivity index (χ0v) is 20.6. The van der Waals surface area contributed by atoms with Crippen molar-refractivity contribution in [1.82, 2.24) is 14.7 Å². The van der Waals surface area contributed by atoms with Gasteiger partial charge in [0, 0.05) is 70.2 Å². The van der Waals surface area contributed by atoms with Crippen molar-refractivity contribution in [3.63, 3.8) is 0 Å². The molecule has 0 spiro atoms. The number of hydrogen-bond donors (Lipinski definition) is 1. The summed E-state index contributed by atoms with van der Waals surface area (Å²) in [4.78, 5) is 31.3.